The van der Waals surface area contributed by atoms with Gasteiger partial charge in [0.1, 0.15) is 12.4 Å². The van der Waals surface area contributed by atoms with Crippen LogP contribution in [0.15, 0.2) is 70.0 Å². The minimum absolute atomic E-state index is 0.101. The SMILES string of the molecule is O=C(Cn1cc(-c2ccc(F)cc2)oc1=O)NC1CCN(Cc2ccccc2)CC1. The van der Waals surface area contributed by atoms with Crippen molar-refractivity contribution in [2.45, 2.75) is 32.0 Å². The number of hydrogen-bond acceptors (Lipinski definition) is 4. The summed E-state index contributed by atoms with van der Waals surface area (Å²) < 4.78 is 19.5. The number of aromatic nitrogens is 1. The molecule has 7 heteroatoms. The molecule has 1 amide bonds. The molecule has 0 unspecified atom stereocenters. The van der Waals surface area contributed by atoms with Gasteiger partial charge in [-0.05, 0) is 42.7 Å². The lowest BCUT2D eigenvalue weighted by molar-refractivity contribution is -0.122. The summed E-state index contributed by atoms with van der Waals surface area (Å²) in [7, 11) is 0. The highest BCUT2D eigenvalue weighted by Gasteiger charge is 2.21. The van der Waals surface area contributed by atoms with E-state index in [-0.39, 0.29) is 24.3 Å². The Morgan fingerprint density at radius 2 is 1.77 bits per heavy atom. The topological polar surface area (TPSA) is 67.5 Å². The summed E-state index contributed by atoms with van der Waals surface area (Å²) in [5.74, 6) is -0.885. The van der Waals surface area contributed by atoms with Crippen LogP contribution in [0.5, 0.6) is 0 Å². The Hall–Kier alpha value is -3.19. The van der Waals surface area contributed by atoms with Gasteiger partial charge in [-0.15, -0.1) is 0 Å². The predicted octanol–water partition coefficient (Wildman–Crippen LogP) is 3.03. The van der Waals surface area contributed by atoms with Gasteiger partial charge in [0.05, 0.1) is 6.20 Å². The van der Waals surface area contributed by atoms with Gasteiger partial charge in [0.15, 0.2) is 5.76 Å². The van der Waals surface area contributed by atoms with Crippen LogP contribution in [-0.4, -0.2) is 34.5 Å². The van der Waals surface area contributed by atoms with Crippen LogP contribution in [0.1, 0.15) is 18.4 Å². The van der Waals surface area contributed by atoms with Gasteiger partial charge >= 0.3 is 5.76 Å². The summed E-state index contributed by atoms with van der Waals surface area (Å²) in [6.07, 6.45) is 3.23. The van der Waals surface area contributed by atoms with Crippen LogP contribution in [-0.2, 0) is 17.9 Å². The molecule has 1 aromatic heterocycles. The number of likely N-dealkylation sites (tertiary alicyclic amines) is 1. The lowest BCUT2D eigenvalue weighted by atomic mass is 10.0. The lowest BCUT2D eigenvalue weighted by Gasteiger charge is -2.32. The molecule has 4 rings (SSSR count). The molecule has 3 aromatic rings. The molecule has 0 bridgehead atoms. The third-order valence-electron chi connectivity index (χ3n) is 5.35. The number of halogens is 1. The van der Waals surface area contributed by atoms with E-state index in [2.05, 4.69) is 22.3 Å². The number of nitrogens with zero attached hydrogens (tertiary/aromatic N) is 2. The summed E-state index contributed by atoms with van der Waals surface area (Å²) >= 11 is 0. The Kier molecular flexibility index (Phi) is 6.09. The van der Waals surface area contributed by atoms with E-state index in [1.54, 1.807) is 0 Å². The first-order valence-electron chi connectivity index (χ1n) is 10.1. The first-order chi connectivity index (χ1) is 14.6. The van der Waals surface area contributed by atoms with Crippen molar-refractivity contribution >= 4 is 5.91 Å². The van der Waals surface area contributed by atoms with Crippen LogP contribution < -0.4 is 11.1 Å². The molecule has 1 aliphatic heterocycles. The number of oxazole rings is 1. The third-order valence-corrected chi connectivity index (χ3v) is 5.35. The lowest BCUT2D eigenvalue weighted by Crippen LogP contribution is -2.45. The number of carbonyl (C=O) groups is 1. The van der Waals surface area contributed by atoms with Crippen molar-refractivity contribution in [2.75, 3.05) is 13.1 Å². The summed E-state index contributed by atoms with van der Waals surface area (Å²) in [5.41, 5.74) is 1.87. The molecule has 1 saturated heterocycles. The zero-order chi connectivity index (χ0) is 20.9. The molecule has 0 spiro atoms. The summed E-state index contributed by atoms with van der Waals surface area (Å²) in [6, 6.07) is 16.1. The van der Waals surface area contributed by atoms with Gasteiger partial charge < -0.3 is 9.73 Å². The fourth-order valence-corrected chi connectivity index (χ4v) is 3.74. The van der Waals surface area contributed by atoms with Crippen LogP contribution >= 0.6 is 0 Å². The van der Waals surface area contributed by atoms with E-state index < -0.39 is 5.76 Å². The number of piperidine rings is 1. The quantitative estimate of drug-likeness (QED) is 0.680. The van der Waals surface area contributed by atoms with E-state index >= 15 is 0 Å². The maximum absolute atomic E-state index is 13.1. The van der Waals surface area contributed by atoms with E-state index in [1.165, 1.54) is 40.6 Å². The van der Waals surface area contributed by atoms with Crippen molar-refractivity contribution in [3.63, 3.8) is 0 Å². The highest BCUT2D eigenvalue weighted by Crippen LogP contribution is 2.18. The van der Waals surface area contributed by atoms with Gasteiger partial charge in [0.25, 0.3) is 0 Å². The molecule has 0 saturated carbocycles. The van der Waals surface area contributed by atoms with Crippen molar-refractivity contribution in [1.29, 1.82) is 0 Å². The number of benzene rings is 2. The molecule has 1 fully saturated rings. The maximum atomic E-state index is 13.1. The van der Waals surface area contributed by atoms with Gasteiger partial charge in [0, 0.05) is 31.2 Å². The standard InChI is InChI=1S/C23H24FN3O3/c24-19-8-6-18(7-9-19)21-15-27(23(29)30-21)16-22(28)25-20-10-12-26(13-11-20)14-17-4-2-1-3-5-17/h1-9,15,20H,10-14,16H2,(H,25,28). The Morgan fingerprint density at radius 1 is 1.07 bits per heavy atom. The molecule has 2 aromatic carbocycles. The first kappa shape index (κ1) is 20.1. The second-order valence-electron chi connectivity index (χ2n) is 7.60. The Balaban J connectivity index is 1.28. The average Bonchev–Trinajstić information content (AvgIpc) is 3.11. The second kappa shape index (κ2) is 9.09. The van der Waals surface area contributed by atoms with Crippen LogP contribution in [0, 0.1) is 5.82 Å². The van der Waals surface area contributed by atoms with Gasteiger partial charge in [-0.2, -0.15) is 0 Å². The summed E-state index contributed by atoms with van der Waals surface area (Å²) in [4.78, 5) is 26.9. The monoisotopic (exact) mass is 409 g/mol. The van der Waals surface area contributed by atoms with Gasteiger partial charge in [-0.3, -0.25) is 14.3 Å². The van der Waals surface area contributed by atoms with Crippen molar-refractivity contribution in [2.24, 2.45) is 0 Å². The summed E-state index contributed by atoms with van der Waals surface area (Å²) in [5, 5.41) is 3.02. The van der Waals surface area contributed by atoms with E-state index in [1.807, 2.05) is 18.2 Å². The van der Waals surface area contributed by atoms with Crippen LogP contribution in [0.4, 0.5) is 4.39 Å². The summed E-state index contributed by atoms with van der Waals surface area (Å²) in [6.45, 7) is 2.65. The molecule has 1 aliphatic rings. The number of amides is 1. The van der Waals surface area contributed by atoms with Crippen molar-refractivity contribution in [1.82, 2.24) is 14.8 Å². The predicted molar refractivity (Wildman–Crippen MR) is 111 cm³/mol. The average molecular weight is 409 g/mol. The third kappa shape index (κ3) is 5.04. The highest BCUT2D eigenvalue weighted by molar-refractivity contribution is 5.76. The Bertz CT molecular complexity index is 1040. The highest BCUT2D eigenvalue weighted by atomic mass is 19.1. The Morgan fingerprint density at radius 3 is 2.47 bits per heavy atom. The number of nitrogens with one attached hydrogen (secondary N) is 1. The van der Waals surface area contributed by atoms with E-state index in [0.717, 1.165) is 32.5 Å². The molecule has 0 radical (unpaired) electrons. The van der Waals surface area contributed by atoms with E-state index in [9.17, 15) is 14.0 Å². The second-order valence-corrected chi connectivity index (χ2v) is 7.60. The van der Waals surface area contributed by atoms with E-state index in [0.29, 0.717) is 11.3 Å². The number of rotatable bonds is 6. The van der Waals surface area contributed by atoms with Crippen molar-refractivity contribution in [3.05, 3.63) is 82.7 Å². The van der Waals surface area contributed by atoms with Crippen LogP contribution in [0.3, 0.4) is 0 Å². The zero-order valence-electron chi connectivity index (χ0n) is 16.6. The smallest absolute Gasteiger partial charge is 0.408 e. The minimum Gasteiger partial charge on any atom is -0.408 e. The normalized spacial score (nSPS) is 15.2. The molecular formula is C23H24FN3O3. The number of hydrogen-bond donors (Lipinski definition) is 1. The van der Waals surface area contributed by atoms with Gasteiger partial charge in [-0.25, -0.2) is 9.18 Å². The van der Waals surface area contributed by atoms with Crippen LogP contribution in [0.2, 0.25) is 0 Å². The number of carbonyl (C=O) groups excluding carboxylic acids is 1. The Labute approximate surface area is 173 Å². The van der Waals surface area contributed by atoms with Gasteiger partial charge in [-0.1, -0.05) is 30.3 Å². The molecule has 2 heterocycles. The molecule has 156 valence electrons. The fraction of sp³-hybridized carbons (Fsp3) is 0.304. The largest absolute Gasteiger partial charge is 0.419 e. The first-order valence-corrected chi connectivity index (χ1v) is 10.1. The molecular weight excluding hydrogens is 385 g/mol. The van der Waals surface area contributed by atoms with Crippen molar-refractivity contribution in [3.8, 4) is 11.3 Å². The molecule has 0 atom stereocenters. The maximum Gasteiger partial charge on any atom is 0.419 e. The molecule has 0 aliphatic carbocycles. The van der Waals surface area contributed by atoms with E-state index in [4.69, 9.17) is 4.42 Å². The zero-order valence-corrected chi connectivity index (χ0v) is 16.6. The minimum atomic E-state index is -0.609. The molecule has 30 heavy (non-hydrogen) atoms. The fourth-order valence-electron chi connectivity index (χ4n) is 3.74. The molecule has 6 nitrogen and oxygen atoms in total. The van der Waals surface area contributed by atoms with Crippen molar-refractivity contribution < 1.29 is 13.6 Å². The molecule has 1 N–H and O–H groups in total. The van der Waals surface area contributed by atoms with Crippen LogP contribution in [0.25, 0.3) is 11.3 Å². The van der Waals surface area contributed by atoms with Gasteiger partial charge in [0.2, 0.25) is 5.91 Å².